The quantitative estimate of drug-likeness (QED) is 0.911. The minimum absolute atomic E-state index is 0.0512. The normalized spacial score (nSPS) is 20.7. The first-order valence-corrected chi connectivity index (χ1v) is 9.38. The van der Waals surface area contributed by atoms with Crippen LogP contribution in [0.15, 0.2) is 30.7 Å². The van der Waals surface area contributed by atoms with E-state index in [1.165, 1.54) is 16.8 Å². The molecule has 2 aromatic heterocycles. The summed E-state index contributed by atoms with van der Waals surface area (Å²) in [5.41, 5.74) is 3.70. The van der Waals surface area contributed by atoms with Crippen LogP contribution in [-0.4, -0.2) is 56.8 Å². The monoisotopic (exact) mass is 354 g/mol. The van der Waals surface area contributed by atoms with Gasteiger partial charge in [-0.25, -0.2) is 4.79 Å². The van der Waals surface area contributed by atoms with E-state index in [0.29, 0.717) is 0 Å². The van der Waals surface area contributed by atoms with Gasteiger partial charge in [0.2, 0.25) is 0 Å². The SMILES string of the molecule is Cn1ncc2c1CCC[C@H]2NC(=O)N1CCN(Cc2ccncc2)CC1. The molecule has 1 N–H and O–H groups in total. The predicted molar refractivity (Wildman–Crippen MR) is 98.5 cm³/mol. The van der Waals surface area contributed by atoms with Crippen molar-refractivity contribution < 1.29 is 4.79 Å². The average Bonchev–Trinajstić information content (AvgIpc) is 3.05. The van der Waals surface area contributed by atoms with Crippen LogP contribution >= 0.6 is 0 Å². The van der Waals surface area contributed by atoms with Crippen LogP contribution in [-0.2, 0) is 20.0 Å². The van der Waals surface area contributed by atoms with E-state index in [9.17, 15) is 4.79 Å². The summed E-state index contributed by atoms with van der Waals surface area (Å²) in [5, 5.41) is 7.59. The molecule has 1 fully saturated rings. The highest BCUT2D eigenvalue weighted by Gasteiger charge is 2.27. The first-order valence-electron chi connectivity index (χ1n) is 9.38. The Morgan fingerprint density at radius 2 is 2.00 bits per heavy atom. The predicted octanol–water partition coefficient (Wildman–Crippen LogP) is 1.72. The van der Waals surface area contributed by atoms with E-state index in [4.69, 9.17) is 0 Å². The third kappa shape index (κ3) is 3.58. The molecule has 26 heavy (non-hydrogen) atoms. The number of hydrogen-bond acceptors (Lipinski definition) is 4. The van der Waals surface area contributed by atoms with E-state index in [0.717, 1.165) is 52.0 Å². The number of piperazine rings is 1. The number of pyridine rings is 1. The standard InChI is InChI=1S/C19H26N6O/c1-23-18-4-2-3-17(16(18)13-21-23)22-19(26)25-11-9-24(10-12-25)14-15-5-7-20-8-6-15/h5-8,13,17H,2-4,9-12,14H2,1H3,(H,22,26)/t17-/m1/s1. The van der Waals surface area contributed by atoms with Gasteiger partial charge in [-0.2, -0.15) is 5.10 Å². The average molecular weight is 354 g/mol. The van der Waals surface area contributed by atoms with E-state index in [1.54, 1.807) is 0 Å². The molecular formula is C19H26N6O. The number of rotatable bonds is 3. The van der Waals surface area contributed by atoms with Crippen LogP contribution in [0.1, 0.15) is 35.7 Å². The number of aromatic nitrogens is 3. The van der Waals surface area contributed by atoms with Crippen molar-refractivity contribution in [3.8, 4) is 0 Å². The van der Waals surface area contributed by atoms with Crippen LogP contribution in [0, 0.1) is 0 Å². The number of urea groups is 1. The van der Waals surface area contributed by atoms with E-state index in [2.05, 4.69) is 20.3 Å². The Morgan fingerprint density at radius 3 is 2.77 bits per heavy atom. The topological polar surface area (TPSA) is 66.3 Å². The molecule has 7 heteroatoms. The van der Waals surface area contributed by atoms with Crippen LogP contribution in [0.3, 0.4) is 0 Å². The Morgan fingerprint density at radius 1 is 1.23 bits per heavy atom. The van der Waals surface area contributed by atoms with E-state index < -0.39 is 0 Å². The van der Waals surface area contributed by atoms with E-state index in [-0.39, 0.29) is 12.1 Å². The zero-order valence-electron chi connectivity index (χ0n) is 15.3. The fourth-order valence-corrected chi connectivity index (χ4v) is 3.95. The maximum absolute atomic E-state index is 12.7. The fourth-order valence-electron chi connectivity index (χ4n) is 3.95. The van der Waals surface area contributed by atoms with Crippen molar-refractivity contribution in [2.45, 2.75) is 31.8 Å². The second-order valence-electron chi connectivity index (χ2n) is 7.18. The van der Waals surface area contributed by atoms with Crippen molar-refractivity contribution in [2.75, 3.05) is 26.2 Å². The summed E-state index contributed by atoms with van der Waals surface area (Å²) >= 11 is 0. The largest absolute Gasteiger partial charge is 0.331 e. The maximum atomic E-state index is 12.7. The van der Waals surface area contributed by atoms with Crippen LogP contribution < -0.4 is 5.32 Å². The van der Waals surface area contributed by atoms with Crippen molar-refractivity contribution in [3.05, 3.63) is 47.5 Å². The first kappa shape index (κ1) is 17.0. The van der Waals surface area contributed by atoms with Gasteiger partial charge in [0.15, 0.2) is 0 Å². The van der Waals surface area contributed by atoms with Gasteiger partial charge in [0.25, 0.3) is 0 Å². The lowest BCUT2D eigenvalue weighted by molar-refractivity contribution is 0.132. The smallest absolute Gasteiger partial charge is 0.317 e. The van der Waals surface area contributed by atoms with E-state index >= 15 is 0 Å². The molecule has 1 saturated heterocycles. The molecular weight excluding hydrogens is 328 g/mol. The fraction of sp³-hybridized carbons (Fsp3) is 0.526. The number of aryl methyl sites for hydroxylation is 1. The molecule has 2 aromatic rings. The summed E-state index contributed by atoms with van der Waals surface area (Å²) in [6, 6.07) is 4.24. The number of fused-ring (bicyclic) bond motifs is 1. The van der Waals surface area contributed by atoms with Crippen LogP contribution in [0.5, 0.6) is 0 Å². The van der Waals surface area contributed by atoms with Gasteiger partial charge in [0.1, 0.15) is 0 Å². The molecule has 4 rings (SSSR count). The van der Waals surface area contributed by atoms with Crippen molar-refractivity contribution >= 4 is 6.03 Å². The second kappa shape index (κ2) is 7.45. The number of hydrogen-bond donors (Lipinski definition) is 1. The molecule has 1 aliphatic heterocycles. The summed E-state index contributed by atoms with van der Waals surface area (Å²) in [4.78, 5) is 21.1. The van der Waals surface area contributed by atoms with Crippen LogP contribution in [0.4, 0.5) is 4.79 Å². The molecule has 7 nitrogen and oxygen atoms in total. The molecule has 3 heterocycles. The van der Waals surface area contributed by atoms with Gasteiger partial charge in [-0.15, -0.1) is 0 Å². The molecule has 2 aliphatic rings. The van der Waals surface area contributed by atoms with Gasteiger partial charge in [0.05, 0.1) is 12.2 Å². The van der Waals surface area contributed by atoms with Gasteiger partial charge in [0, 0.05) is 63.4 Å². The minimum atomic E-state index is 0.0512. The van der Waals surface area contributed by atoms with E-state index in [1.807, 2.05) is 47.4 Å². The highest BCUT2D eigenvalue weighted by molar-refractivity contribution is 5.75. The molecule has 1 atom stereocenters. The first-order chi connectivity index (χ1) is 12.7. The molecule has 1 aliphatic carbocycles. The summed E-state index contributed by atoms with van der Waals surface area (Å²) < 4.78 is 1.94. The number of carbonyl (C=O) groups excluding carboxylic acids is 1. The zero-order chi connectivity index (χ0) is 17.9. The van der Waals surface area contributed by atoms with Crippen molar-refractivity contribution in [1.29, 1.82) is 0 Å². The lowest BCUT2D eigenvalue weighted by Gasteiger charge is -2.36. The highest BCUT2D eigenvalue weighted by atomic mass is 16.2. The van der Waals surface area contributed by atoms with Gasteiger partial charge in [-0.05, 0) is 37.0 Å². The molecule has 0 radical (unpaired) electrons. The lowest BCUT2D eigenvalue weighted by atomic mass is 9.93. The van der Waals surface area contributed by atoms with Crippen molar-refractivity contribution in [2.24, 2.45) is 7.05 Å². The Labute approximate surface area is 154 Å². The number of nitrogens with one attached hydrogen (secondary N) is 1. The molecule has 0 saturated carbocycles. The van der Waals surface area contributed by atoms with Gasteiger partial charge in [-0.3, -0.25) is 14.6 Å². The summed E-state index contributed by atoms with van der Waals surface area (Å²) in [7, 11) is 1.98. The Bertz CT molecular complexity index is 751. The molecule has 0 aromatic carbocycles. The Hall–Kier alpha value is -2.41. The number of carbonyl (C=O) groups is 1. The third-order valence-electron chi connectivity index (χ3n) is 5.49. The summed E-state index contributed by atoms with van der Waals surface area (Å²) in [6.07, 6.45) is 8.70. The molecule has 0 spiro atoms. The second-order valence-corrected chi connectivity index (χ2v) is 7.18. The van der Waals surface area contributed by atoms with Gasteiger partial charge >= 0.3 is 6.03 Å². The summed E-state index contributed by atoms with van der Waals surface area (Å²) in [5.74, 6) is 0. The van der Waals surface area contributed by atoms with Gasteiger partial charge < -0.3 is 10.2 Å². The summed E-state index contributed by atoms with van der Waals surface area (Å²) in [6.45, 7) is 4.25. The van der Waals surface area contributed by atoms with Crippen LogP contribution in [0.25, 0.3) is 0 Å². The maximum Gasteiger partial charge on any atom is 0.317 e. The molecule has 0 unspecified atom stereocenters. The van der Waals surface area contributed by atoms with Crippen LogP contribution in [0.2, 0.25) is 0 Å². The minimum Gasteiger partial charge on any atom is -0.331 e. The number of nitrogens with zero attached hydrogens (tertiary/aromatic N) is 5. The molecule has 0 bridgehead atoms. The van der Waals surface area contributed by atoms with Crippen molar-refractivity contribution in [3.63, 3.8) is 0 Å². The highest BCUT2D eigenvalue weighted by Crippen LogP contribution is 2.29. The Kier molecular flexibility index (Phi) is 4.88. The number of amides is 2. The molecule has 2 amide bonds. The lowest BCUT2D eigenvalue weighted by Crippen LogP contribution is -2.52. The van der Waals surface area contributed by atoms with Gasteiger partial charge in [-0.1, -0.05) is 0 Å². The van der Waals surface area contributed by atoms with Crippen molar-refractivity contribution in [1.82, 2.24) is 29.9 Å². The Balaban J connectivity index is 1.30. The third-order valence-corrected chi connectivity index (χ3v) is 5.49. The molecule has 138 valence electrons. The zero-order valence-corrected chi connectivity index (χ0v) is 15.3.